The highest BCUT2D eigenvalue weighted by atomic mass is 15.3. The Balaban J connectivity index is 0.963. The van der Waals surface area contributed by atoms with E-state index < -0.39 is 0 Å². The second-order valence-corrected chi connectivity index (χ2v) is 17.5. The Bertz CT molecular complexity index is 4140. The van der Waals surface area contributed by atoms with E-state index in [0.29, 0.717) is 11.6 Å². The monoisotopic (exact) mass is 866 g/mol. The van der Waals surface area contributed by atoms with Gasteiger partial charge in [0.2, 0.25) is 0 Å². The van der Waals surface area contributed by atoms with Crippen molar-refractivity contribution in [3.63, 3.8) is 0 Å². The van der Waals surface area contributed by atoms with E-state index in [4.69, 9.17) is 20.2 Å². The number of nitrogens with zero attached hydrogens (tertiary/aromatic N) is 6. The van der Waals surface area contributed by atoms with Gasteiger partial charge in [-0.1, -0.05) is 170 Å². The third kappa shape index (κ3) is 5.91. The first kappa shape index (κ1) is 38.1. The third-order valence-corrected chi connectivity index (χ3v) is 13.7. The maximum absolute atomic E-state index is 5.53. The first-order valence-corrected chi connectivity index (χ1v) is 23.0. The van der Waals surface area contributed by atoms with Crippen molar-refractivity contribution in [2.75, 3.05) is 0 Å². The Kier molecular flexibility index (Phi) is 8.48. The molecule has 14 rings (SSSR count). The number of aromatic nitrogens is 6. The fraction of sp³-hybridized carbons (Fsp3) is 0. The molecule has 0 bridgehead atoms. The summed E-state index contributed by atoms with van der Waals surface area (Å²) in [5.41, 5.74) is 11.9. The smallest absolute Gasteiger partial charge is 0.183 e. The van der Waals surface area contributed by atoms with Crippen LogP contribution in [0.4, 0.5) is 0 Å². The molecule has 0 aliphatic carbocycles. The first-order chi connectivity index (χ1) is 33.7. The highest BCUT2D eigenvalue weighted by Gasteiger charge is 2.23. The van der Waals surface area contributed by atoms with Gasteiger partial charge in [0, 0.05) is 38.4 Å². The molecule has 68 heavy (non-hydrogen) atoms. The lowest BCUT2D eigenvalue weighted by molar-refractivity contribution is 0.904. The van der Waals surface area contributed by atoms with E-state index in [1.54, 1.807) is 0 Å². The van der Waals surface area contributed by atoms with Gasteiger partial charge in [-0.2, -0.15) is 0 Å². The van der Waals surface area contributed by atoms with Gasteiger partial charge in [0.1, 0.15) is 5.82 Å². The lowest BCUT2D eigenvalue weighted by Gasteiger charge is -2.13. The standard InChI is InChI=1S/C62H38N6/c1-3-15-39(16-4-1)42-29-33-55-53(36-42)54-37-43(40-17-5-2-6-18-40)30-34-56(54)67(55)46-31-27-41(28-32-46)62-64-59-51-25-13-11-23-49(51)50-24-12-14-26-52(50)60(59)68(62)57-38-63-61(66-65-57)58-47-21-9-7-19-44(47)35-45-20-8-10-22-48(45)58/h1-38H. The molecule has 0 N–H and O–H groups in total. The van der Waals surface area contributed by atoms with Crippen LogP contribution in [-0.4, -0.2) is 29.3 Å². The minimum Gasteiger partial charge on any atom is -0.309 e. The molecule has 0 amide bonds. The quantitative estimate of drug-likeness (QED) is 0.123. The highest BCUT2D eigenvalue weighted by Crippen LogP contribution is 2.41. The van der Waals surface area contributed by atoms with Crippen molar-refractivity contribution in [1.29, 1.82) is 0 Å². The summed E-state index contributed by atoms with van der Waals surface area (Å²) < 4.78 is 4.54. The largest absolute Gasteiger partial charge is 0.309 e. The summed E-state index contributed by atoms with van der Waals surface area (Å²) in [6.07, 6.45) is 1.85. The second kappa shape index (κ2) is 15.2. The van der Waals surface area contributed by atoms with E-state index in [9.17, 15) is 0 Å². The molecule has 0 unspecified atom stereocenters. The number of benzene rings is 11. The summed E-state index contributed by atoms with van der Waals surface area (Å²) in [5.74, 6) is 1.92. The zero-order chi connectivity index (χ0) is 44.7. The average molecular weight is 867 g/mol. The number of hydrogen-bond donors (Lipinski definition) is 0. The summed E-state index contributed by atoms with van der Waals surface area (Å²) in [7, 11) is 0. The topological polar surface area (TPSA) is 61.4 Å². The third-order valence-electron chi connectivity index (χ3n) is 13.7. The Labute approximate surface area is 390 Å². The van der Waals surface area contributed by atoms with E-state index in [2.05, 4.69) is 234 Å². The lowest BCUT2D eigenvalue weighted by atomic mass is 9.96. The van der Waals surface area contributed by atoms with Crippen LogP contribution in [0.15, 0.2) is 231 Å². The van der Waals surface area contributed by atoms with Crippen LogP contribution in [-0.2, 0) is 0 Å². The summed E-state index contributed by atoms with van der Waals surface area (Å²) in [6, 6.07) is 79.9. The molecule has 0 spiro atoms. The molecule has 0 aliphatic heterocycles. The van der Waals surface area contributed by atoms with E-state index in [0.717, 1.165) is 87.8 Å². The van der Waals surface area contributed by atoms with E-state index in [1.165, 1.54) is 33.0 Å². The predicted octanol–water partition coefficient (Wildman–Crippen LogP) is 15.6. The maximum Gasteiger partial charge on any atom is 0.183 e. The van der Waals surface area contributed by atoms with Crippen molar-refractivity contribution in [3.05, 3.63) is 231 Å². The van der Waals surface area contributed by atoms with Crippen molar-refractivity contribution in [3.8, 4) is 56.5 Å². The Hall–Kier alpha value is -9.26. The highest BCUT2D eigenvalue weighted by molar-refractivity contribution is 6.24. The molecule has 3 aromatic heterocycles. The van der Waals surface area contributed by atoms with Crippen molar-refractivity contribution in [2.45, 2.75) is 0 Å². The summed E-state index contributed by atoms with van der Waals surface area (Å²) >= 11 is 0. The molecule has 0 fully saturated rings. The number of imidazole rings is 1. The van der Waals surface area contributed by atoms with Crippen LogP contribution in [0.1, 0.15) is 0 Å². The van der Waals surface area contributed by atoms with Crippen LogP contribution < -0.4 is 0 Å². The summed E-state index contributed by atoms with van der Waals surface area (Å²) in [5, 5.41) is 21.3. The van der Waals surface area contributed by atoms with Gasteiger partial charge in [-0.25, -0.2) is 9.97 Å². The van der Waals surface area contributed by atoms with Crippen LogP contribution in [0.3, 0.4) is 0 Å². The van der Waals surface area contributed by atoms with E-state index >= 15 is 0 Å². The number of rotatable bonds is 6. The summed E-state index contributed by atoms with van der Waals surface area (Å²) in [6.45, 7) is 0. The van der Waals surface area contributed by atoms with Gasteiger partial charge in [0.05, 0.1) is 28.3 Å². The molecule has 6 nitrogen and oxygen atoms in total. The van der Waals surface area contributed by atoms with Gasteiger partial charge in [0.15, 0.2) is 11.6 Å². The Morgan fingerprint density at radius 2 is 0.838 bits per heavy atom. The lowest BCUT2D eigenvalue weighted by Crippen LogP contribution is -2.05. The molecular weight excluding hydrogens is 829 g/mol. The van der Waals surface area contributed by atoms with Crippen LogP contribution in [0, 0.1) is 0 Å². The fourth-order valence-electron chi connectivity index (χ4n) is 10.5. The van der Waals surface area contributed by atoms with Crippen LogP contribution >= 0.6 is 0 Å². The van der Waals surface area contributed by atoms with Gasteiger partial charge < -0.3 is 4.57 Å². The van der Waals surface area contributed by atoms with Crippen LogP contribution in [0.5, 0.6) is 0 Å². The van der Waals surface area contributed by atoms with Gasteiger partial charge in [-0.05, 0) is 109 Å². The Morgan fingerprint density at radius 1 is 0.338 bits per heavy atom. The first-order valence-electron chi connectivity index (χ1n) is 23.0. The zero-order valence-corrected chi connectivity index (χ0v) is 36.6. The van der Waals surface area contributed by atoms with Crippen LogP contribution in [0.25, 0.3) is 132 Å². The predicted molar refractivity (Wildman–Crippen MR) is 281 cm³/mol. The SMILES string of the molecule is c1ccc(-c2ccc3c(c2)c2cc(-c4ccccc4)ccc2n3-c2ccc(-c3nc4c5ccccc5c5ccccc5c4n3-c3cnc(-c4c5ccccc5cc5ccccc45)nn3)cc2)cc1. The number of fused-ring (bicyclic) bond motifs is 11. The van der Waals surface area contributed by atoms with E-state index in [-0.39, 0.29) is 0 Å². The molecule has 0 radical (unpaired) electrons. The van der Waals surface area contributed by atoms with Gasteiger partial charge in [-0.3, -0.25) is 4.57 Å². The van der Waals surface area contributed by atoms with Crippen molar-refractivity contribution in [1.82, 2.24) is 29.3 Å². The second-order valence-electron chi connectivity index (χ2n) is 17.5. The molecule has 3 heterocycles. The van der Waals surface area contributed by atoms with Gasteiger partial charge in [-0.15, -0.1) is 10.2 Å². The van der Waals surface area contributed by atoms with Gasteiger partial charge >= 0.3 is 0 Å². The molecule has 0 aliphatic rings. The van der Waals surface area contributed by atoms with Gasteiger partial charge in [0.25, 0.3) is 0 Å². The van der Waals surface area contributed by atoms with E-state index in [1.807, 2.05) is 6.20 Å². The fourth-order valence-corrected chi connectivity index (χ4v) is 10.5. The molecular formula is C62H38N6. The maximum atomic E-state index is 5.53. The molecule has 0 atom stereocenters. The molecule has 11 aromatic carbocycles. The minimum absolute atomic E-state index is 0.574. The van der Waals surface area contributed by atoms with Crippen molar-refractivity contribution < 1.29 is 0 Å². The number of hydrogen-bond acceptors (Lipinski definition) is 4. The van der Waals surface area contributed by atoms with Crippen LogP contribution in [0.2, 0.25) is 0 Å². The van der Waals surface area contributed by atoms with Crippen molar-refractivity contribution >= 4 is 75.9 Å². The molecule has 14 aromatic rings. The zero-order valence-electron chi connectivity index (χ0n) is 36.6. The molecule has 316 valence electrons. The minimum atomic E-state index is 0.574. The summed E-state index contributed by atoms with van der Waals surface area (Å²) in [4.78, 5) is 10.7. The average Bonchev–Trinajstić information content (AvgIpc) is 3.98. The Morgan fingerprint density at radius 3 is 1.41 bits per heavy atom. The molecule has 6 heteroatoms. The molecule has 0 saturated heterocycles. The molecule has 0 saturated carbocycles. The van der Waals surface area contributed by atoms with Crippen molar-refractivity contribution in [2.24, 2.45) is 0 Å². The normalized spacial score (nSPS) is 11.8.